The van der Waals surface area contributed by atoms with Crippen molar-refractivity contribution >= 4 is 39.9 Å². The van der Waals surface area contributed by atoms with Crippen molar-refractivity contribution in [2.24, 2.45) is 0 Å². The van der Waals surface area contributed by atoms with Crippen LogP contribution in [0.3, 0.4) is 0 Å². The van der Waals surface area contributed by atoms with E-state index in [1.165, 1.54) is 46.1 Å². The molecule has 0 saturated heterocycles. The van der Waals surface area contributed by atoms with Crippen LogP contribution < -0.4 is 5.56 Å². The lowest BCUT2D eigenvalue weighted by molar-refractivity contribution is -0.139. The summed E-state index contributed by atoms with van der Waals surface area (Å²) in [5.41, 5.74) is 1.01. The van der Waals surface area contributed by atoms with Crippen LogP contribution in [0.2, 0.25) is 5.02 Å². The van der Waals surface area contributed by atoms with Crippen LogP contribution in [0.25, 0.3) is 11.0 Å². The van der Waals surface area contributed by atoms with Crippen LogP contribution in [0.1, 0.15) is 17.0 Å². The van der Waals surface area contributed by atoms with E-state index < -0.39 is 11.8 Å². The van der Waals surface area contributed by atoms with E-state index in [0.717, 1.165) is 11.8 Å². The molecule has 8 heteroatoms. The first-order valence-electron chi connectivity index (χ1n) is 7.21. The summed E-state index contributed by atoms with van der Waals surface area (Å²) in [5.74, 6) is -1.23. The highest BCUT2D eigenvalue weighted by Crippen LogP contribution is 2.20. The van der Waals surface area contributed by atoms with Crippen LogP contribution >= 0.6 is 22.9 Å². The third-order valence-corrected chi connectivity index (χ3v) is 4.65. The molecule has 0 fully saturated rings. The number of thiazole rings is 1. The summed E-state index contributed by atoms with van der Waals surface area (Å²) in [6.45, 7) is 1.65. The lowest BCUT2D eigenvalue weighted by atomic mass is 10.2. The Hall–Kier alpha value is -2.51. The lowest BCUT2D eigenvalue weighted by Crippen LogP contribution is -2.16. The SMILES string of the molecule is Cc1csc2nc(COC(=O)/C=C/c3c(F)cccc3Cl)cc(=O)n12. The van der Waals surface area contributed by atoms with Gasteiger partial charge in [0.1, 0.15) is 12.4 Å². The number of aryl methyl sites for hydroxylation is 1. The van der Waals surface area contributed by atoms with Crippen LogP contribution in [-0.4, -0.2) is 15.4 Å². The molecule has 0 N–H and O–H groups in total. The van der Waals surface area contributed by atoms with Crippen LogP contribution in [0, 0.1) is 12.7 Å². The summed E-state index contributed by atoms with van der Waals surface area (Å²) in [5, 5.41) is 2.01. The largest absolute Gasteiger partial charge is 0.456 e. The van der Waals surface area contributed by atoms with Crippen molar-refractivity contribution in [3.8, 4) is 0 Å². The molecule has 3 aromatic rings. The minimum absolute atomic E-state index is 0.105. The molecule has 0 atom stereocenters. The van der Waals surface area contributed by atoms with Crippen molar-refractivity contribution in [1.82, 2.24) is 9.38 Å². The molecular formula is C17H12ClFN2O3S. The molecule has 2 heterocycles. The van der Waals surface area contributed by atoms with Gasteiger partial charge in [0, 0.05) is 28.8 Å². The van der Waals surface area contributed by atoms with E-state index >= 15 is 0 Å². The van der Waals surface area contributed by atoms with Gasteiger partial charge in [-0.15, -0.1) is 11.3 Å². The van der Waals surface area contributed by atoms with Gasteiger partial charge in [-0.05, 0) is 25.1 Å². The summed E-state index contributed by atoms with van der Waals surface area (Å²) in [7, 11) is 0. The zero-order valence-corrected chi connectivity index (χ0v) is 14.6. The molecule has 128 valence electrons. The fourth-order valence-corrected chi connectivity index (χ4v) is 3.31. The second-order valence-electron chi connectivity index (χ2n) is 5.16. The van der Waals surface area contributed by atoms with Crippen LogP contribution in [-0.2, 0) is 16.1 Å². The Bertz CT molecular complexity index is 1020. The van der Waals surface area contributed by atoms with Gasteiger partial charge in [-0.3, -0.25) is 9.20 Å². The molecule has 2 aromatic heterocycles. The number of benzene rings is 1. The van der Waals surface area contributed by atoms with E-state index in [0.29, 0.717) is 10.7 Å². The molecule has 0 unspecified atom stereocenters. The van der Waals surface area contributed by atoms with Gasteiger partial charge in [-0.1, -0.05) is 17.7 Å². The van der Waals surface area contributed by atoms with Gasteiger partial charge in [0.05, 0.1) is 10.7 Å². The summed E-state index contributed by atoms with van der Waals surface area (Å²) in [6, 6.07) is 5.55. The van der Waals surface area contributed by atoms with Crippen molar-refractivity contribution in [1.29, 1.82) is 0 Å². The van der Waals surface area contributed by atoms with Crippen LogP contribution in [0.4, 0.5) is 4.39 Å². The van der Waals surface area contributed by atoms with Gasteiger partial charge in [0.25, 0.3) is 5.56 Å². The smallest absolute Gasteiger partial charge is 0.331 e. The maximum absolute atomic E-state index is 13.6. The van der Waals surface area contributed by atoms with Crippen LogP contribution in [0.5, 0.6) is 0 Å². The number of nitrogens with zero attached hydrogens (tertiary/aromatic N) is 2. The van der Waals surface area contributed by atoms with Crippen molar-refractivity contribution in [3.63, 3.8) is 0 Å². The van der Waals surface area contributed by atoms with E-state index in [1.54, 1.807) is 0 Å². The highest BCUT2D eigenvalue weighted by Gasteiger charge is 2.08. The normalized spacial score (nSPS) is 11.3. The van der Waals surface area contributed by atoms with Gasteiger partial charge in [-0.25, -0.2) is 14.2 Å². The third-order valence-electron chi connectivity index (χ3n) is 3.38. The monoisotopic (exact) mass is 378 g/mol. The van der Waals surface area contributed by atoms with E-state index in [2.05, 4.69) is 4.98 Å². The number of fused-ring (bicyclic) bond motifs is 1. The van der Waals surface area contributed by atoms with E-state index in [4.69, 9.17) is 16.3 Å². The first-order chi connectivity index (χ1) is 12.0. The van der Waals surface area contributed by atoms with E-state index in [9.17, 15) is 14.0 Å². The maximum atomic E-state index is 13.6. The summed E-state index contributed by atoms with van der Waals surface area (Å²) in [6.07, 6.45) is 2.32. The highest BCUT2D eigenvalue weighted by molar-refractivity contribution is 7.15. The molecule has 0 radical (unpaired) electrons. The zero-order valence-electron chi connectivity index (χ0n) is 13.0. The number of esters is 1. The molecule has 0 aliphatic heterocycles. The molecule has 0 aliphatic rings. The number of rotatable bonds is 4. The summed E-state index contributed by atoms with van der Waals surface area (Å²) < 4.78 is 20.1. The van der Waals surface area contributed by atoms with Crippen molar-refractivity contribution in [2.45, 2.75) is 13.5 Å². The number of carbonyl (C=O) groups is 1. The quantitative estimate of drug-likeness (QED) is 0.514. The number of halogens is 2. The maximum Gasteiger partial charge on any atom is 0.331 e. The Morgan fingerprint density at radius 2 is 2.28 bits per heavy atom. The number of hydrogen-bond donors (Lipinski definition) is 0. The minimum atomic E-state index is -0.691. The number of aromatic nitrogens is 2. The van der Waals surface area contributed by atoms with Gasteiger partial charge in [-0.2, -0.15) is 0 Å². The Kier molecular flexibility index (Phi) is 4.96. The van der Waals surface area contributed by atoms with Crippen LogP contribution in [0.15, 0.2) is 40.5 Å². The zero-order chi connectivity index (χ0) is 18.0. The molecule has 25 heavy (non-hydrogen) atoms. The molecular weight excluding hydrogens is 367 g/mol. The van der Waals surface area contributed by atoms with Crippen molar-refractivity contribution in [2.75, 3.05) is 0 Å². The van der Waals surface area contributed by atoms with Crippen molar-refractivity contribution in [3.05, 3.63) is 73.9 Å². The second kappa shape index (κ2) is 7.16. The minimum Gasteiger partial charge on any atom is -0.456 e. The third kappa shape index (κ3) is 3.78. The Labute approximate surface area is 151 Å². The van der Waals surface area contributed by atoms with Gasteiger partial charge >= 0.3 is 5.97 Å². The first-order valence-corrected chi connectivity index (χ1v) is 8.47. The predicted octanol–water partition coefficient (Wildman–Crippen LogP) is 3.61. The second-order valence-corrected chi connectivity index (χ2v) is 6.40. The predicted molar refractivity (Wildman–Crippen MR) is 94.3 cm³/mol. The Morgan fingerprint density at radius 1 is 1.48 bits per heavy atom. The number of carbonyl (C=O) groups excluding carboxylic acids is 1. The summed E-state index contributed by atoms with van der Waals surface area (Å²) >= 11 is 7.20. The molecule has 1 aromatic carbocycles. The summed E-state index contributed by atoms with van der Waals surface area (Å²) in [4.78, 5) is 28.6. The van der Waals surface area contributed by atoms with E-state index in [1.807, 2.05) is 12.3 Å². The van der Waals surface area contributed by atoms with Gasteiger partial charge in [0.2, 0.25) is 0 Å². The average molecular weight is 379 g/mol. The van der Waals surface area contributed by atoms with Gasteiger partial charge < -0.3 is 4.74 Å². The fraction of sp³-hybridized carbons (Fsp3) is 0.118. The highest BCUT2D eigenvalue weighted by atomic mass is 35.5. The molecule has 5 nitrogen and oxygen atoms in total. The fourth-order valence-electron chi connectivity index (χ4n) is 2.19. The molecule has 0 amide bonds. The van der Waals surface area contributed by atoms with Crippen molar-refractivity contribution < 1.29 is 13.9 Å². The lowest BCUT2D eigenvalue weighted by Gasteiger charge is -2.03. The topological polar surface area (TPSA) is 60.7 Å². The average Bonchev–Trinajstić information content (AvgIpc) is 2.94. The molecule has 0 aliphatic carbocycles. The number of ether oxygens (including phenoxy) is 1. The van der Waals surface area contributed by atoms with E-state index in [-0.39, 0.29) is 22.8 Å². The Morgan fingerprint density at radius 3 is 3.04 bits per heavy atom. The Balaban J connectivity index is 1.70. The number of hydrogen-bond acceptors (Lipinski definition) is 5. The molecule has 0 bridgehead atoms. The molecule has 0 saturated carbocycles. The van der Waals surface area contributed by atoms with Gasteiger partial charge in [0.15, 0.2) is 4.96 Å². The standard InChI is InChI=1S/C17H12ClFN2O3S/c1-10-9-25-17-20-11(7-15(22)21(10)17)8-24-16(23)6-5-12-13(18)3-2-4-14(12)19/h2-7,9H,8H2,1H3/b6-5+. The first kappa shape index (κ1) is 17.3. The molecule has 3 rings (SSSR count). The molecule has 0 spiro atoms.